The number of fused-ring (bicyclic) bond motifs is 2. The number of halogens is 1. The molecule has 148 valence electrons. The third-order valence-electron chi connectivity index (χ3n) is 4.97. The Hall–Kier alpha value is -2.56. The van der Waals surface area contributed by atoms with Gasteiger partial charge in [-0.15, -0.1) is 0 Å². The van der Waals surface area contributed by atoms with Gasteiger partial charge in [0.15, 0.2) is 0 Å². The Morgan fingerprint density at radius 3 is 2.61 bits per heavy atom. The number of nitrogens with one attached hydrogen (secondary N) is 1. The molecule has 0 radical (unpaired) electrons. The van der Waals surface area contributed by atoms with Gasteiger partial charge in [0, 0.05) is 24.7 Å². The van der Waals surface area contributed by atoms with Gasteiger partial charge in [0.25, 0.3) is 0 Å². The molecule has 1 aromatic heterocycles. The second kappa shape index (κ2) is 7.12. The van der Waals surface area contributed by atoms with Crippen LogP contribution >= 0.6 is 0 Å². The SMILES string of the molecule is O=C(O)C1C2CCC(CN1S(=O)(=O)c1ccc(Oc3ccc(F)cc3)nc1)N2. The van der Waals surface area contributed by atoms with E-state index in [1.807, 2.05) is 0 Å². The smallest absolute Gasteiger partial charge is 0.323 e. The summed E-state index contributed by atoms with van der Waals surface area (Å²) in [5.74, 6) is -1.08. The lowest BCUT2D eigenvalue weighted by molar-refractivity contribution is -0.143. The number of nitrogens with zero attached hydrogens (tertiary/aromatic N) is 2. The Kier molecular flexibility index (Phi) is 4.77. The average molecular weight is 407 g/mol. The molecule has 2 bridgehead atoms. The normalized spacial score (nSPS) is 24.8. The topological polar surface area (TPSA) is 109 Å². The minimum Gasteiger partial charge on any atom is -0.480 e. The summed E-state index contributed by atoms with van der Waals surface area (Å²) in [6.07, 6.45) is 2.50. The molecule has 10 heteroatoms. The molecule has 4 rings (SSSR count). The van der Waals surface area contributed by atoms with Crippen molar-refractivity contribution in [3.05, 3.63) is 48.4 Å². The van der Waals surface area contributed by atoms with Crippen LogP contribution in [0.1, 0.15) is 12.8 Å². The number of carbonyl (C=O) groups is 1. The summed E-state index contributed by atoms with van der Waals surface area (Å²) >= 11 is 0. The van der Waals surface area contributed by atoms with Crippen LogP contribution in [0.3, 0.4) is 0 Å². The molecule has 2 N–H and O–H groups in total. The number of benzene rings is 1. The zero-order chi connectivity index (χ0) is 19.9. The van der Waals surface area contributed by atoms with Gasteiger partial charge in [0.05, 0.1) is 6.20 Å². The van der Waals surface area contributed by atoms with Crippen molar-refractivity contribution in [2.45, 2.75) is 35.9 Å². The quantitative estimate of drug-likeness (QED) is 0.775. The van der Waals surface area contributed by atoms with Crippen LogP contribution in [0, 0.1) is 5.82 Å². The highest BCUT2D eigenvalue weighted by molar-refractivity contribution is 7.89. The molecule has 0 spiro atoms. The Morgan fingerprint density at radius 1 is 1.21 bits per heavy atom. The Bertz CT molecular complexity index is 981. The summed E-state index contributed by atoms with van der Waals surface area (Å²) in [5, 5.41) is 12.7. The Balaban J connectivity index is 1.57. The maximum Gasteiger partial charge on any atom is 0.323 e. The molecule has 0 aliphatic carbocycles. The lowest BCUT2D eigenvalue weighted by Crippen LogP contribution is -2.62. The Morgan fingerprint density at radius 2 is 1.96 bits per heavy atom. The van der Waals surface area contributed by atoms with Crippen LogP contribution in [0.15, 0.2) is 47.5 Å². The van der Waals surface area contributed by atoms with E-state index in [9.17, 15) is 22.7 Å². The number of aromatic nitrogens is 1. The number of hydrogen-bond acceptors (Lipinski definition) is 6. The first-order valence-electron chi connectivity index (χ1n) is 8.75. The van der Waals surface area contributed by atoms with E-state index in [0.29, 0.717) is 12.2 Å². The highest BCUT2D eigenvalue weighted by atomic mass is 32.2. The predicted octanol–water partition coefficient (Wildman–Crippen LogP) is 1.59. The van der Waals surface area contributed by atoms with E-state index in [0.717, 1.165) is 16.9 Å². The maximum atomic E-state index is 13.0. The largest absolute Gasteiger partial charge is 0.480 e. The lowest BCUT2D eigenvalue weighted by Gasteiger charge is -2.37. The molecule has 2 saturated heterocycles. The van der Waals surface area contributed by atoms with Crippen molar-refractivity contribution in [3.63, 3.8) is 0 Å². The van der Waals surface area contributed by atoms with Gasteiger partial charge in [-0.25, -0.2) is 17.8 Å². The van der Waals surface area contributed by atoms with Crippen molar-refractivity contribution in [2.75, 3.05) is 6.54 Å². The van der Waals surface area contributed by atoms with Crippen molar-refractivity contribution < 1.29 is 27.4 Å². The van der Waals surface area contributed by atoms with Crippen LogP contribution in [0.4, 0.5) is 4.39 Å². The highest BCUT2D eigenvalue weighted by Gasteiger charge is 2.49. The number of sulfonamides is 1. The van der Waals surface area contributed by atoms with E-state index < -0.39 is 33.9 Å². The van der Waals surface area contributed by atoms with E-state index in [1.54, 1.807) is 0 Å². The predicted molar refractivity (Wildman–Crippen MR) is 96.0 cm³/mol. The van der Waals surface area contributed by atoms with Gasteiger partial charge in [-0.05, 0) is 43.2 Å². The van der Waals surface area contributed by atoms with E-state index in [1.165, 1.54) is 36.4 Å². The minimum atomic E-state index is -4.03. The molecule has 2 aliphatic rings. The molecule has 8 nitrogen and oxygen atoms in total. The van der Waals surface area contributed by atoms with Crippen molar-refractivity contribution in [1.29, 1.82) is 0 Å². The second-order valence-electron chi connectivity index (χ2n) is 6.79. The fraction of sp³-hybridized carbons (Fsp3) is 0.333. The third kappa shape index (κ3) is 3.46. The van der Waals surface area contributed by atoms with Crippen molar-refractivity contribution in [3.8, 4) is 11.6 Å². The molecule has 3 heterocycles. The monoisotopic (exact) mass is 407 g/mol. The number of aliphatic carboxylic acids is 1. The molecule has 2 aromatic rings. The van der Waals surface area contributed by atoms with Crippen molar-refractivity contribution in [2.24, 2.45) is 0 Å². The standard InChI is InChI=1S/C18H18FN3O5S/c19-11-1-4-13(5-2-11)27-16-8-6-14(9-20-16)28(25,26)22-10-12-3-7-15(21-12)17(22)18(23)24/h1-2,4-6,8-9,12,15,17,21H,3,7,10H2,(H,23,24). The fourth-order valence-corrected chi connectivity index (χ4v) is 5.27. The van der Waals surface area contributed by atoms with Crippen LogP contribution in [-0.2, 0) is 14.8 Å². The van der Waals surface area contributed by atoms with Gasteiger partial charge >= 0.3 is 5.97 Å². The molecule has 0 saturated carbocycles. The van der Waals surface area contributed by atoms with E-state index in [4.69, 9.17) is 4.74 Å². The summed E-state index contributed by atoms with van der Waals surface area (Å²) in [6, 6.07) is 6.42. The average Bonchev–Trinajstić information content (AvgIpc) is 3.04. The van der Waals surface area contributed by atoms with Crippen molar-refractivity contribution in [1.82, 2.24) is 14.6 Å². The summed E-state index contributed by atoms with van der Waals surface area (Å²) in [7, 11) is -4.03. The molecule has 0 amide bonds. The molecule has 2 fully saturated rings. The third-order valence-corrected chi connectivity index (χ3v) is 6.80. The van der Waals surface area contributed by atoms with Gasteiger partial charge in [-0.1, -0.05) is 0 Å². The van der Waals surface area contributed by atoms with Gasteiger partial charge in [0.1, 0.15) is 22.5 Å². The number of ether oxygens (including phenoxy) is 1. The maximum absolute atomic E-state index is 13.0. The van der Waals surface area contributed by atoms with Crippen molar-refractivity contribution >= 4 is 16.0 Å². The van der Waals surface area contributed by atoms with Gasteiger partial charge in [0.2, 0.25) is 15.9 Å². The molecular formula is C18H18FN3O5S. The van der Waals surface area contributed by atoms with E-state index in [-0.39, 0.29) is 23.4 Å². The Labute approximate surface area is 161 Å². The molecular weight excluding hydrogens is 389 g/mol. The zero-order valence-electron chi connectivity index (χ0n) is 14.7. The summed E-state index contributed by atoms with van der Waals surface area (Å²) in [6.45, 7) is 0.101. The van der Waals surface area contributed by atoms with E-state index in [2.05, 4.69) is 10.3 Å². The molecule has 3 unspecified atom stereocenters. The first-order chi connectivity index (χ1) is 13.3. The molecule has 1 aromatic carbocycles. The zero-order valence-corrected chi connectivity index (χ0v) is 15.5. The van der Waals surface area contributed by atoms with Gasteiger partial charge < -0.3 is 15.2 Å². The molecule has 3 atom stereocenters. The first-order valence-corrected chi connectivity index (χ1v) is 10.2. The number of carboxylic acids is 1. The summed E-state index contributed by atoms with van der Waals surface area (Å²) in [4.78, 5) is 15.6. The van der Waals surface area contributed by atoms with Crippen LogP contribution < -0.4 is 10.1 Å². The second-order valence-corrected chi connectivity index (χ2v) is 8.68. The van der Waals surface area contributed by atoms with E-state index >= 15 is 0 Å². The number of carboxylic acid groups (broad SMARTS) is 1. The van der Waals surface area contributed by atoms with Gasteiger partial charge in [-0.2, -0.15) is 4.31 Å². The van der Waals surface area contributed by atoms with Crippen LogP contribution in [-0.4, -0.2) is 53.5 Å². The first kappa shape index (κ1) is 18.8. The summed E-state index contributed by atoms with van der Waals surface area (Å²) < 4.78 is 45.5. The molecule has 28 heavy (non-hydrogen) atoms. The van der Waals surface area contributed by atoms with Crippen LogP contribution in [0.25, 0.3) is 0 Å². The number of pyridine rings is 1. The summed E-state index contributed by atoms with van der Waals surface area (Å²) in [5.41, 5.74) is 0. The number of hydrogen-bond donors (Lipinski definition) is 2. The number of rotatable bonds is 5. The van der Waals surface area contributed by atoms with Crippen LogP contribution in [0.5, 0.6) is 11.6 Å². The van der Waals surface area contributed by atoms with Crippen LogP contribution in [0.2, 0.25) is 0 Å². The lowest BCUT2D eigenvalue weighted by atomic mass is 10.1. The minimum absolute atomic E-state index is 0.0515. The fourth-order valence-electron chi connectivity index (χ4n) is 3.66. The van der Waals surface area contributed by atoms with Gasteiger partial charge in [-0.3, -0.25) is 4.79 Å². The molecule has 2 aliphatic heterocycles. The highest BCUT2D eigenvalue weighted by Crippen LogP contribution is 2.31. The number of piperazine rings is 1.